The highest BCUT2D eigenvalue weighted by Gasteiger charge is 2.29. The molecule has 0 heterocycles. The Labute approximate surface area is 124 Å². The number of methoxy groups -OCH3 is 1. The molecule has 0 aromatic heterocycles. The van der Waals surface area contributed by atoms with Gasteiger partial charge >= 0.3 is 0 Å². The van der Waals surface area contributed by atoms with Crippen LogP contribution in [0.1, 0.15) is 13.8 Å². The van der Waals surface area contributed by atoms with E-state index < -0.39 is 10.0 Å². The number of ether oxygens (including phenoxy) is 1. The first-order valence-electron chi connectivity index (χ1n) is 5.80. The third-order valence-electron chi connectivity index (χ3n) is 2.69. The van der Waals surface area contributed by atoms with E-state index >= 15 is 0 Å². The molecule has 1 rings (SSSR count). The Kier molecular flexibility index (Phi) is 6.08. The summed E-state index contributed by atoms with van der Waals surface area (Å²) < 4.78 is 31.5. The summed E-state index contributed by atoms with van der Waals surface area (Å²) in [5.74, 6) is 0. The van der Waals surface area contributed by atoms with Crippen LogP contribution in [-0.4, -0.2) is 39.0 Å². The van der Waals surface area contributed by atoms with Crippen molar-refractivity contribution in [2.45, 2.75) is 24.8 Å². The van der Waals surface area contributed by atoms with E-state index in [9.17, 15) is 8.42 Å². The first-order chi connectivity index (χ1) is 8.84. The lowest BCUT2D eigenvalue weighted by Gasteiger charge is -2.27. The van der Waals surface area contributed by atoms with E-state index in [1.165, 1.54) is 23.5 Å². The second-order valence-corrected chi connectivity index (χ2v) is 6.79. The quantitative estimate of drug-likeness (QED) is 0.807. The zero-order valence-electron chi connectivity index (χ0n) is 11.1. The number of nitrogens with zero attached hydrogens (tertiary/aromatic N) is 1. The molecule has 108 valence electrons. The van der Waals surface area contributed by atoms with Gasteiger partial charge in [0.15, 0.2) is 0 Å². The van der Waals surface area contributed by atoms with Gasteiger partial charge in [-0.05, 0) is 25.1 Å². The van der Waals surface area contributed by atoms with Crippen LogP contribution in [0.4, 0.5) is 0 Å². The molecule has 0 amide bonds. The van der Waals surface area contributed by atoms with E-state index in [1.807, 2.05) is 0 Å². The van der Waals surface area contributed by atoms with Crippen molar-refractivity contribution < 1.29 is 13.2 Å². The van der Waals surface area contributed by atoms with Gasteiger partial charge in [-0.3, -0.25) is 0 Å². The molecule has 0 radical (unpaired) electrons. The Hall–Kier alpha value is -0.330. The average Bonchev–Trinajstić information content (AvgIpc) is 2.33. The minimum atomic E-state index is -3.69. The number of rotatable bonds is 6. The van der Waals surface area contributed by atoms with Gasteiger partial charge in [-0.15, -0.1) is 0 Å². The molecule has 0 saturated carbocycles. The van der Waals surface area contributed by atoms with Gasteiger partial charge in [0.2, 0.25) is 10.0 Å². The highest BCUT2D eigenvalue weighted by Crippen LogP contribution is 2.28. The van der Waals surface area contributed by atoms with Gasteiger partial charge in [-0.25, -0.2) is 8.42 Å². The van der Waals surface area contributed by atoms with Gasteiger partial charge in [0.25, 0.3) is 0 Å². The van der Waals surface area contributed by atoms with Gasteiger partial charge < -0.3 is 4.74 Å². The smallest absolute Gasteiger partial charge is 0.244 e. The second kappa shape index (κ2) is 6.90. The maximum Gasteiger partial charge on any atom is 0.244 e. The fourth-order valence-corrected chi connectivity index (χ4v) is 4.21. The lowest BCUT2D eigenvalue weighted by Crippen LogP contribution is -2.40. The summed E-state index contributed by atoms with van der Waals surface area (Å²) in [5, 5.41) is 0.492. The lowest BCUT2D eigenvalue weighted by atomic mass is 10.3. The maximum atomic E-state index is 12.6. The predicted octanol–water partition coefficient (Wildman–Crippen LogP) is 3.04. The normalized spacial score (nSPS) is 13.8. The minimum Gasteiger partial charge on any atom is -0.383 e. The van der Waals surface area contributed by atoms with Crippen LogP contribution in [0.15, 0.2) is 23.1 Å². The molecule has 7 heteroatoms. The highest BCUT2D eigenvalue weighted by molar-refractivity contribution is 7.89. The first kappa shape index (κ1) is 16.7. The fraction of sp³-hybridized carbons (Fsp3) is 0.500. The summed E-state index contributed by atoms with van der Waals surface area (Å²) in [6.45, 7) is 4.19. The van der Waals surface area contributed by atoms with Crippen LogP contribution < -0.4 is 0 Å². The molecule has 0 unspecified atom stereocenters. The van der Waals surface area contributed by atoms with E-state index in [1.54, 1.807) is 19.9 Å². The van der Waals surface area contributed by atoms with Crippen molar-refractivity contribution in [3.63, 3.8) is 0 Å². The molecule has 1 aromatic rings. The Balaban J connectivity index is 3.24. The fourth-order valence-electron chi connectivity index (χ4n) is 1.84. The van der Waals surface area contributed by atoms with Gasteiger partial charge in [0, 0.05) is 24.7 Å². The molecular formula is C12H17Cl2NO3S. The summed E-state index contributed by atoms with van der Waals surface area (Å²) in [6.07, 6.45) is 0. The molecule has 0 saturated heterocycles. The number of sulfonamides is 1. The number of likely N-dealkylation sites (N-methyl/N-ethyl adjacent to an activating group) is 1. The van der Waals surface area contributed by atoms with E-state index in [2.05, 4.69) is 0 Å². The molecule has 0 spiro atoms. The Bertz CT molecular complexity index is 534. The van der Waals surface area contributed by atoms with E-state index in [0.29, 0.717) is 18.2 Å². The third kappa shape index (κ3) is 3.83. The maximum absolute atomic E-state index is 12.6. The van der Waals surface area contributed by atoms with Crippen molar-refractivity contribution in [1.82, 2.24) is 4.31 Å². The van der Waals surface area contributed by atoms with Gasteiger partial charge in [0.05, 0.1) is 11.6 Å². The number of hydrogen-bond donors (Lipinski definition) is 0. The summed E-state index contributed by atoms with van der Waals surface area (Å²) in [4.78, 5) is 0.0199. The topological polar surface area (TPSA) is 46.6 Å². The highest BCUT2D eigenvalue weighted by atomic mass is 35.5. The molecule has 0 fully saturated rings. The number of benzene rings is 1. The molecule has 0 N–H and O–H groups in total. The van der Waals surface area contributed by atoms with Gasteiger partial charge in [-0.2, -0.15) is 4.31 Å². The van der Waals surface area contributed by atoms with Gasteiger partial charge in [0.1, 0.15) is 4.90 Å². The minimum absolute atomic E-state index is 0.0199. The van der Waals surface area contributed by atoms with Crippen molar-refractivity contribution >= 4 is 33.2 Å². The van der Waals surface area contributed by atoms with Gasteiger partial charge in [-0.1, -0.05) is 30.1 Å². The third-order valence-corrected chi connectivity index (χ3v) is 5.50. The molecule has 19 heavy (non-hydrogen) atoms. The summed E-state index contributed by atoms with van der Waals surface area (Å²) in [7, 11) is -2.16. The summed E-state index contributed by atoms with van der Waals surface area (Å²) in [6, 6.07) is 4.11. The van der Waals surface area contributed by atoms with Crippen molar-refractivity contribution in [3.8, 4) is 0 Å². The molecule has 4 nitrogen and oxygen atoms in total. The SMILES string of the molecule is CCN([C@@H](C)COC)S(=O)(=O)c1cc(Cl)ccc1Cl. The van der Waals surface area contributed by atoms with Crippen LogP contribution >= 0.6 is 23.2 Å². The molecule has 1 aromatic carbocycles. The predicted molar refractivity (Wildman–Crippen MR) is 77.4 cm³/mol. The molecule has 0 aliphatic heterocycles. The van der Waals surface area contributed by atoms with Crippen molar-refractivity contribution in [3.05, 3.63) is 28.2 Å². The van der Waals surface area contributed by atoms with Crippen LogP contribution in [0.3, 0.4) is 0 Å². The Morgan fingerprint density at radius 2 is 2.00 bits per heavy atom. The summed E-state index contributed by atoms with van der Waals surface area (Å²) in [5.41, 5.74) is 0. The number of hydrogen-bond acceptors (Lipinski definition) is 3. The second-order valence-electron chi connectivity index (χ2n) is 4.09. The molecular weight excluding hydrogens is 309 g/mol. The zero-order valence-corrected chi connectivity index (χ0v) is 13.4. The lowest BCUT2D eigenvalue weighted by molar-refractivity contribution is 0.142. The van der Waals surface area contributed by atoms with Crippen LogP contribution in [0, 0.1) is 0 Å². The molecule has 0 aliphatic carbocycles. The Morgan fingerprint density at radius 1 is 1.37 bits per heavy atom. The van der Waals surface area contributed by atoms with Crippen molar-refractivity contribution in [2.75, 3.05) is 20.3 Å². The average molecular weight is 326 g/mol. The van der Waals surface area contributed by atoms with Crippen molar-refractivity contribution in [1.29, 1.82) is 0 Å². The van der Waals surface area contributed by atoms with E-state index in [0.717, 1.165) is 0 Å². The Morgan fingerprint density at radius 3 is 2.53 bits per heavy atom. The molecule has 1 atom stereocenters. The van der Waals surface area contributed by atoms with Crippen LogP contribution in [-0.2, 0) is 14.8 Å². The monoisotopic (exact) mass is 325 g/mol. The largest absolute Gasteiger partial charge is 0.383 e. The van der Waals surface area contributed by atoms with Crippen LogP contribution in [0.25, 0.3) is 0 Å². The van der Waals surface area contributed by atoms with E-state index in [-0.39, 0.29) is 16.0 Å². The molecule has 0 aliphatic rings. The van der Waals surface area contributed by atoms with Crippen molar-refractivity contribution in [2.24, 2.45) is 0 Å². The molecule has 0 bridgehead atoms. The summed E-state index contributed by atoms with van der Waals surface area (Å²) >= 11 is 11.8. The standard InChI is InChI=1S/C12H17Cl2NO3S/c1-4-15(9(2)8-18-3)19(16,17)12-7-10(13)5-6-11(12)14/h5-7,9H,4,8H2,1-3H3/t9-/m0/s1. The zero-order chi connectivity index (χ0) is 14.6. The van der Waals surface area contributed by atoms with Crippen LogP contribution in [0.2, 0.25) is 10.0 Å². The number of halogens is 2. The van der Waals surface area contributed by atoms with E-state index in [4.69, 9.17) is 27.9 Å². The van der Waals surface area contributed by atoms with Crippen LogP contribution in [0.5, 0.6) is 0 Å². The first-order valence-corrected chi connectivity index (χ1v) is 8.00.